The highest BCUT2D eigenvalue weighted by atomic mass is 14.1. The lowest BCUT2D eigenvalue weighted by atomic mass is 9.98. The zero-order chi connectivity index (χ0) is 15.6. The van der Waals surface area contributed by atoms with Gasteiger partial charge in [0.2, 0.25) is 0 Å². The van der Waals surface area contributed by atoms with Crippen LogP contribution in [0, 0.1) is 0 Å². The van der Waals surface area contributed by atoms with E-state index in [2.05, 4.69) is 55.7 Å². The molecule has 0 unspecified atom stereocenters. The van der Waals surface area contributed by atoms with Crippen molar-refractivity contribution in [3.63, 3.8) is 0 Å². The van der Waals surface area contributed by atoms with E-state index in [0.717, 1.165) is 16.7 Å². The zero-order valence-electron chi connectivity index (χ0n) is 12.7. The van der Waals surface area contributed by atoms with Gasteiger partial charge in [-0.2, -0.15) is 0 Å². The van der Waals surface area contributed by atoms with Gasteiger partial charge in [0.25, 0.3) is 0 Å². The topological polar surface area (TPSA) is 0 Å². The van der Waals surface area contributed by atoms with Gasteiger partial charge >= 0.3 is 0 Å². The minimum Gasteiger partial charge on any atom is -0.0991 e. The maximum atomic E-state index is 3.97. The lowest BCUT2D eigenvalue weighted by Crippen LogP contribution is -1.85. The summed E-state index contributed by atoms with van der Waals surface area (Å²) in [6.45, 7) is 7.72. The first-order valence-electron chi connectivity index (χ1n) is 7.29. The lowest BCUT2D eigenvalue weighted by Gasteiger charge is -2.06. The summed E-state index contributed by atoms with van der Waals surface area (Å²) >= 11 is 0. The number of allylic oxidation sites excluding steroid dienone is 7. The second-order valence-electron chi connectivity index (χ2n) is 4.78. The number of hydrogen-bond acceptors (Lipinski definition) is 0. The molecule has 0 heteroatoms. The van der Waals surface area contributed by atoms with E-state index < -0.39 is 0 Å². The maximum absolute atomic E-state index is 3.97. The van der Waals surface area contributed by atoms with Crippen LogP contribution in [0.25, 0.3) is 11.6 Å². The highest BCUT2D eigenvalue weighted by Gasteiger charge is 2.01. The standard InChI is InChI=1S/C22H20/c1-3-5-14-21(18-17-19-12-8-6-9-13-19)22(4-2)20-15-10-7-11-16-20/h3-18H,1-2H2. The van der Waals surface area contributed by atoms with Crippen molar-refractivity contribution in [1.29, 1.82) is 0 Å². The van der Waals surface area contributed by atoms with E-state index >= 15 is 0 Å². The Morgan fingerprint density at radius 1 is 0.773 bits per heavy atom. The van der Waals surface area contributed by atoms with Gasteiger partial charge in [0.1, 0.15) is 0 Å². The number of hydrogen-bond donors (Lipinski definition) is 0. The Bertz CT molecular complexity index is 698. The summed E-state index contributed by atoms with van der Waals surface area (Å²) in [5.41, 5.74) is 4.53. The van der Waals surface area contributed by atoms with Crippen LogP contribution >= 0.6 is 0 Å². The Kier molecular flexibility index (Phi) is 5.95. The van der Waals surface area contributed by atoms with Crippen molar-refractivity contribution in [2.75, 3.05) is 0 Å². The molecule has 0 fully saturated rings. The fourth-order valence-corrected chi connectivity index (χ4v) is 2.18. The molecular weight excluding hydrogens is 264 g/mol. The Hall–Kier alpha value is -2.86. The quantitative estimate of drug-likeness (QED) is 0.564. The van der Waals surface area contributed by atoms with E-state index in [1.165, 1.54) is 5.56 Å². The van der Waals surface area contributed by atoms with E-state index in [1.807, 2.05) is 48.6 Å². The predicted molar refractivity (Wildman–Crippen MR) is 98.4 cm³/mol. The van der Waals surface area contributed by atoms with Crippen molar-refractivity contribution < 1.29 is 0 Å². The predicted octanol–water partition coefficient (Wildman–Crippen LogP) is 6.08. The van der Waals surface area contributed by atoms with Gasteiger partial charge in [-0.05, 0) is 22.3 Å². The van der Waals surface area contributed by atoms with E-state index in [1.54, 1.807) is 6.08 Å². The molecule has 0 bridgehead atoms. The molecule has 0 saturated heterocycles. The maximum Gasteiger partial charge on any atom is -0.0117 e. The first-order chi connectivity index (χ1) is 10.8. The van der Waals surface area contributed by atoms with Crippen LogP contribution in [0.2, 0.25) is 0 Å². The van der Waals surface area contributed by atoms with Gasteiger partial charge in [0.05, 0.1) is 0 Å². The van der Waals surface area contributed by atoms with Crippen LogP contribution in [-0.4, -0.2) is 0 Å². The fraction of sp³-hybridized carbons (Fsp3) is 0. The summed E-state index contributed by atoms with van der Waals surface area (Å²) in [6, 6.07) is 20.5. The average molecular weight is 284 g/mol. The molecule has 108 valence electrons. The molecule has 0 radical (unpaired) electrons. The highest BCUT2D eigenvalue weighted by Crippen LogP contribution is 2.22. The summed E-state index contributed by atoms with van der Waals surface area (Å²) in [7, 11) is 0. The van der Waals surface area contributed by atoms with Crippen LogP contribution in [0.4, 0.5) is 0 Å². The van der Waals surface area contributed by atoms with Gasteiger partial charge in [-0.25, -0.2) is 0 Å². The van der Waals surface area contributed by atoms with Gasteiger partial charge in [-0.1, -0.05) is 110 Å². The van der Waals surface area contributed by atoms with E-state index in [4.69, 9.17) is 0 Å². The summed E-state index contributed by atoms with van der Waals surface area (Å²) in [6.07, 6.45) is 11.9. The fourth-order valence-electron chi connectivity index (χ4n) is 2.18. The third-order valence-corrected chi connectivity index (χ3v) is 3.27. The first kappa shape index (κ1) is 15.5. The molecule has 0 aliphatic heterocycles. The van der Waals surface area contributed by atoms with Gasteiger partial charge in [-0.15, -0.1) is 0 Å². The third-order valence-electron chi connectivity index (χ3n) is 3.27. The van der Waals surface area contributed by atoms with Crippen molar-refractivity contribution in [3.8, 4) is 0 Å². The molecule has 0 aliphatic rings. The van der Waals surface area contributed by atoms with Crippen LogP contribution in [0.1, 0.15) is 11.1 Å². The smallest absolute Gasteiger partial charge is 0.0117 e. The minimum atomic E-state index is 1.10. The van der Waals surface area contributed by atoms with Crippen molar-refractivity contribution in [2.24, 2.45) is 0 Å². The molecule has 2 aromatic carbocycles. The van der Waals surface area contributed by atoms with Crippen LogP contribution in [0.3, 0.4) is 0 Å². The van der Waals surface area contributed by atoms with E-state index in [-0.39, 0.29) is 0 Å². The lowest BCUT2D eigenvalue weighted by molar-refractivity contribution is 1.58. The summed E-state index contributed by atoms with van der Waals surface area (Å²) < 4.78 is 0. The molecular formula is C22H20. The normalized spacial score (nSPS) is 12.4. The Morgan fingerprint density at radius 3 is 2.00 bits per heavy atom. The molecule has 0 saturated carbocycles. The zero-order valence-corrected chi connectivity index (χ0v) is 12.7. The molecule has 22 heavy (non-hydrogen) atoms. The molecule has 0 aliphatic carbocycles. The van der Waals surface area contributed by atoms with Crippen LogP contribution in [-0.2, 0) is 0 Å². The second kappa shape index (κ2) is 8.43. The van der Waals surface area contributed by atoms with Crippen molar-refractivity contribution in [2.45, 2.75) is 0 Å². The number of benzene rings is 2. The molecule has 2 aromatic rings. The van der Waals surface area contributed by atoms with Crippen molar-refractivity contribution >= 4 is 11.6 Å². The molecule has 0 amide bonds. The first-order valence-corrected chi connectivity index (χ1v) is 7.29. The Balaban J connectivity index is 2.46. The van der Waals surface area contributed by atoms with Gasteiger partial charge < -0.3 is 0 Å². The molecule has 2 rings (SSSR count). The van der Waals surface area contributed by atoms with Gasteiger partial charge in [0.15, 0.2) is 0 Å². The van der Waals surface area contributed by atoms with Crippen LogP contribution < -0.4 is 0 Å². The molecule has 0 atom stereocenters. The third kappa shape index (κ3) is 4.32. The van der Waals surface area contributed by atoms with E-state index in [9.17, 15) is 0 Å². The molecule has 0 N–H and O–H groups in total. The Morgan fingerprint density at radius 2 is 1.41 bits per heavy atom. The van der Waals surface area contributed by atoms with E-state index in [0.29, 0.717) is 0 Å². The highest BCUT2D eigenvalue weighted by molar-refractivity contribution is 5.81. The molecule has 0 nitrogen and oxygen atoms in total. The number of rotatable bonds is 6. The van der Waals surface area contributed by atoms with Gasteiger partial charge in [-0.3, -0.25) is 0 Å². The summed E-state index contributed by atoms with van der Waals surface area (Å²) in [5, 5.41) is 0. The SMILES string of the molecule is C=CC=CC(C=Cc1ccccc1)=C(C=C)c1ccccc1. The summed E-state index contributed by atoms with van der Waals surface area (Å²) in [5.74, 6) is 0. The minimum absolute atomic E-state index is 1.10. The molecule has 0 spiro atoms. The molecule has 0 aromatic heterocycles. The second-order valence-corrected chi connectivity index (χ2v) is 4.78. The van der Waals surface area contributed by atoms with Gasteiger partial charge in [0, 0.05) is 0 Å². The van der Waals surface area contributed by atoms with Crippen LogP contribution in [0.15, 0.2) is 110 Å². The Labute approximate surface area is 133 Å². The largest absolute Gasteiger partial charge is 0.0991 e. The van der Waals surface area contributed by atoms with Crippen molar-refractivity contribution in [1.82, 2.24) is 0 Å². The van der Waals surface area contributed by atoms with Crippen LogP contribution in [0.5, 0.6) is 0 Å². The monoisotopic (exact) mass is 284 g/mol. The average Bonchev–Trinajstić information content (AvgIpc) is 2.59. The molecule has 0 heterocycles. The summed E-state index contributed by atoms with van der Waals surface area (Å²) in [4.78, 5) is 0. The van der Waals surface area contributed by atoms with Crippen molar-refractivity contribution in [3.05, 3.63) is 121 Å².